The standard InChI is InChI=1S/C12H17NO2/c1-3-5-11(12(14)15-4-2)10-6-8-13-9-7-10/h6-9,11H,3-5H2,1-2H3. The van der Waals surface area contributed by atoms with Gasteiger partial charge in [-0.1, -0.05) is 13.3 Å². The molecule has 1 unspecified atom stereocenters. The summed E-state index contributed by atoms with van der Waals surface area (Å²) in [6.45, 7) is 4.32. The number of hydrogen-bond donors (Lipinski definition) is 0. The zero-order valence-electron chi connectivity index (χ0n) is 9.27. The van der Waals surface area contributed by atoms with Gasteiger partial charge >= 0.3 is 5.97 Å². The van der Waals surface area contributed by atoms with Gasteiger partial charge in [0.25, 0.3) is 0 Å². The normalized spacial score (nSPS) is 12.1. The summed E-state index contributed by atoms with van der Waals surface area (Å²) in [5.74, 6) is -0.275. The van der Waals surface area contributed by atoms with Crippen LogP contribution in [-0.4, -0.2) is 17.6 Å². The van der Waals surface area contributed by atoms with E-state index in [1.807, 2.05) is 19.1 Å². The predicted molar refractivity (Wildman–Crippen MR) is 58.5 cm³/mol. The molecule has 0 saturated carbocycles. The van der Waals surface area contributed by atoms with Crippen molar-refractivity contribution >= 4 is 5.97 Å². The van der Waals surface area contributed by atoms with Gasteiger partial charge in [-0.05, 0) is 31.0 Å². The smallest absolute Gasteiger partial charge is 0.313 e. The van der Waals surface area contributed by atoms with E-state index in [4.69, 9.17) is 4.74 Å². The minimum Gasteiger partial charge on any atom is -0.466 e. The van der Waals surface area contributed by atoms with Gasteiger partial charge in [-0.15, -0.1) is 0 Å². The topological polar surface area (TPSA) is 39.2 Å². The summed E-state index contributed by atoms with van der Waals surface area (Å²) in [6, 6.07) is 3.74. The third-order valence-corrected chi connectivity index (χ3v) is 2.26. The maximum atomic E-state index is 11.7. The van der Waals surface area contributed by atoms with Crippen molar-refractivity contribution in [3.8, 4) is 0 Å². The molecule has 0 spiro atoms. The number of aromatic nitrogens is 1. The Morgan fingerprint density at radius 1 is 1.40 bits per heavy atom. The van der Waals surface area contributed by atoms with Crippen molar-refractivity contribution in [1.82, 2.24) is 4.98 Å². The summed E-state index contributed by atoms with van der Waals surface area (Å²) >= 11 is 0. The Morgan fingerprint density at radius 2 is 2.07 bits per heavy atom. The first-order chi connectivity index (χ1) is 7.29. The first-order valence-electron chi connectivity index (χ1n) is 5.36. The highest BCUT2D eigenvalue weighted by molar-refractivity contribution is 5.78. The second kappa shape index (κ2) is 6.17. The van der Waals surface area contributed by atoms with Gasteiger partial charge in [0.2, 0.25) is 0 Å². The van der Waals surface area contributed by atoms with Crippen molar-refractivity contribution < 1.29 is 9.53 Å². The fourth-order valence-electron chi connectivity index (χ4n) is 1.55. The molecule has 0 N–H and O–H groups in total. The lowest BCUT2D eigenvalue weighted by molar-refractivity contribution is -0.145. The second-order valence-corrected chi connectivity index (χ2v) is 3.37. The highest BCUT2D eigenvalue weighted by Crippen LogP contribution is 2.22. The highest BCUT2D eigenvalue weighted by Gasteiger charge is 2.20. The molecule has 1 aromatic heterocycles. The molecule has 3 nitrogen and oxygen atoms in total. The highest BCUT2D eigenvalue weighted by atomic mass is 16.5. The average Bonchev–Trinajstić information content (AvgIpc) is 2.27. The SMILES string of the molecule is CCCC(C(=O)OCC)c1ccncc1. The van der Waals surface area contributed by atoms with E-state index in [-0.39, 0.29) is 11.9 Å². The van der Waals surface area contributed by atoms with Crippen LogP contribution in [-0.2, 0) is 9.53 Å². The lowest BCUT2D eigenvalue weighted by Gasteiger charge is -2.14. The van der Waals surface area contributed by atoms with Crippen LogP contribution in [0.25, 0.3) is 0 Å². The first-order valence-corrected chi connectivity index (χ1v) is 5.36. The molecule has 15 heavy (non-hydrogen) atoms. The van der Waals surface area contributed by atoms with Gasteiger partial charge in [-0.2, -0.15) is 0 Å². The maximum Gasteiger partial charge on any atom is 0.313 e. The molecule has 0 aliphatic rings. The van der Waals surface area contributed by atoms with Gasteiger partial charge in [-0.25, -0.2) is 0 Å². The van der Waals surface area contributed by atoms with Crippen LogP contribution in [0.15, 0.2) is 24.5 Å². The predicted octanol–water partition coefficient (Wildman–Crippen LogP) is 2.53. The zero-order valence-corrected chi connectivity index (χ0v) is 9.27. The molecular formula is C12H17NO2. The molecule has 0 aliphatic heterocycles. The van der Waals surface area contributed by atoms with E-state index in [0.717, 1.165) is 18.4 Å². The summed E-state index contributed by atoms with van der Waals surface area (Å²) in [7, 11) is 0. The number of hydrogen-bond acceptors (Lipinski definition) is 3. The molecule has 3 heteroatoms. The van der Waals surface area contributed by atoms with Gasteiger partial charge in [0.05, 0.1) is 12.5 Å². The third kappa shape index (κ3) is 3.35. The minimum atomic E-state index is -0.141. The Morgan fingerprint density at radius 3 is 2.60 bits per heavy atom. The Labute approximate surface area is 90.5 Å². The molecule has 1 aromatic rings. The van der Waals surface area contributed by atoms with Crippen LogP contribution in [0.1, 0.15) is 38.2 Å². The molecule has 0 bridgehead atoms. The first kappa shape index (κ1) is 11.7. The summed E-state index contributed by atoms with van der Waals surface area (Å²) in [5, 5.41) is 0. The second-order valence-electron chi connectivity index (χ2n) is 3.37. The fourth-order valence-corrected chi connectivity index (χ4v) is 1.55. The number of carbonyl (C=O) groups excluding carboxylic acids is 1. The van der Waals surface area contributed by atoms with Crippen molar-refractivity contribution in [2.45, 2.75) is 32.6 Å². The van der Waals surface area contributed by atoms with Crippen LogP contribution in [0.5, 0.6) is 0 Å². The van der Waals surface area contributed by atoms with Gasteiger partial charge < -0.3 is 4.74 Å². The van der Waals surface area contributed by atoms with Crippen molar-refractivity contribution in [1.29, 1.82) is 0 Å². The monoisotopic (exact) mass is 207 g/mol. The Hall–Kier alpha value is -1.38. The van der Waals surface area contributed by atoms with Crippen LogP contribution >= 0.6 is 0 Å². The van der Waals surface area contributed by atoms with Crippen molar-refractivity contribution in [3.63, 3.8) is 0 Å². The van der Waals surface area contributed by atoms with Gasteiger partial charge in [-0.3, -0.25) is 9.78 Å². The maximum absolute atomic E-state index is 11.7. The molecule has 0 saturated heterocycles. The van der Waals surface area contributed by atoms with Crippen molar-refractivity contribution in [2.75, 3.05) is 6.61 Å². The Bertz CT molecular complexity index is 298. The van der Waals surface area contributed by atoms with E-state index in [2.05, 4.69) is 11.9 Å². The van der Waals surface area contributed by atoms with Crippen LogP contribution in [0.3, 0.4) is 0 Å². The van der Waals surface area contributed by atoms with E-state index < -0.39 is 0 Å². The van der Waals surface area contributed by atoms with Crippen molar-refractivity contribution in [3.05, 3.63) is 30.1 Å². The molecule has 0 aromatic carbocycles. The molecule has 1 rings (SSSR count). The van der Waals surface area contributed by atoms with Crippen LogP contribution in [0.4, 0.5) is 0 Å². The van der Waals surface area contributed by atoms with Gasteiger partial charge in [0.15, 0.2) is 0 Å². The number of rotatable bonds is 5. The molecule has 1 heterocycles. The molecule has 1 atom stereocenters. The summed E-state index contributed by atoms with van der Waals surface area (Å²) in [6.07, 6.45) is 5.20. The largest absolute Gasteiger partial charge is 0.466 e. The average molecular weight is 207 g/mol. The number of esters is 1. The van der Waals surface area contributed by atoms with E-state index in [1.165, 1.54) is 0 Å². The zero-order chi connectivity index (χ0) is 11.1. The third-order valence-electron chi connectivity index (χ3n) is 2.26. The van der Waals surface area contributed by atoms with E-state index in [0.29, 0.717) is 6.61 Å². The molecule has 0 aliphatic carbocycles. The number of pyridine rings is 1. The molecule has 0 amide bonds. The van der Waals surface area contributed by atoms with Crippen LogP contribution in [0.2, 0.25) is 0 Å². The van der Waals surface area contributed by atoms with Gasteiger partial charge in [0.1, 0.15) is 0 Å². The van der Waals surface area contributed by atoms with E-state index in [1.54, 1.807) is 12.4 Å². The molecule has 0 radical (unpaired) electrons. The fraction of sp³-hybridized carbons (Fsp3) is 0.500. The van der Waals surface area contributed by atoms with E-state index >= 15 is 0 Å². The van der Waals surface area contributed by atoms with E-state index in [9.17, 15) is 4.79 Å². The summed E-state index contributed by atoms with van der Waals surface area (Å²) in [4.78, 5) is 15.6. The molecule has 82 valence electrons. The molecular weight excluding hydrogens is 190 g/mol. The van der Waals surface area contributed by atoms with Crippen LogP contribution < -0.4 is 0 Å². The Kier molecular flexibility index (Phi) is 4.81. The minimum absolute atomic E-state index is 0.134. The van der Waals surface area contributed by atoms with Crippen LogP contribution in [0, 0.1) is 0 Å². The summed E-state index contributed by atoms with van der Waals surface area (Å²) < 4.78 is 5.05. The lowest BCUT2D eigenvalue weighted by Crippen LogP contribution is -2.15. The molecule has 0 fully saturated rings. The number of nitrogens with zero attached hydrogens (tertiary/aromatic N) is 1. The Balaban J connectivity index is 2.78. The number of carbonyl (C=O) groups is 1. The van der Waals surface area contributed by atoms with Crippen molar-refractivity contribution in [2.24, 2.45) is 0 Å². The summed E-state index contributed by atoms with van der Waals surface area (Å²) in [5.41, 5.74) is 0.991. The number of ether oxygens (including phenoxy) is 1. The van der Waals surface area contributed by atoms with Gasteiger partial charge in [0, 0.05) is 12.4 Å². The lowest BCUT2D eigenvalue weighted by atomic mass is 9.96. The quantitative estimate of drug-likeness (QED) is 0.696.